The highest BCUT2D eigenvalue weighted by Gasteiger charge is 2.40. The largest absolute Gasteiger partial charge is 0.492 e. The lowest BCUT2D eigenvalue weighted by Crippen LogP contribution is -2.29. The van der Waals surface area contributed by atoms with Crippen LogP contribution >= 0.6 is 0 Å². The molecule has 13 heteroatoms. The minimum absolute atomic E-state index is 0.0605. The molecule has 1 fully saturated rings. The predicted octanol–water partition coefficient (Wildman–Crippen LogP) is 5.94. The van der Waals surface area contributed by atoms with Gasteiger partial charge in [-0.1, -0.05) is 18.2 Å². The van der Waals surface area contributed by atoms with E-state index < -0.39 is 39.7 Å². The number of halogens is 4. The Labute approximate surface area is 251 Å². The van der Waals surface area contributed by atoms with Crippen molar-refractivity contribution in [3.05, 3.63) is 76.6 Å². The van der Waals surface area contributed by atoms with Gasteiger partial charge in [-0.2, -0.15) is 17.5 Å². The number of sulfonamides is 1. The van der Waals surface area contributed by atoms with Crippen LogP contribution in [0.5, 0.6) is 17.2 Å². The molecular formula is C31H29F4NO7S. The van der Waals surface area contributed by atoms with Crippen molar-refractivity contribution in [1.29, 1.82) is 0 Å². The van der Waals surface area contributed by atoms with Gasteiger partial charge in [0, 0.05) is 29.7 Å². The minimum atomic E-state index is -4.82. The number of benzene rings is 3. The Morgan fingerprint density at radius 1 is 1.07 bits per heavy atom. The molecule has 2 aliphatic heterocycles. The number of aliphatic carboxylic acids is 1. The molecule has 3 aliphatic rings. The van der Waals surface area contributed by atoms with Crippen LogP contribution in [0.2, 0.25) is 0 Å². The summed E-state index contributed by atoms with van der Waals surface area (Å²) < 4.78 is 101. The molecule has 8 nitrogen and oxygen atoms in total. The second-order valence-electron chi connectivity index (χ2n) is 11.3. The first-order chi connectivity index (χ1) is 20.8. The summed E-state index contributed by atoms with van der Waals surface area (Å²) in [6.45, 7) is 0.718. The number of carboxylic acid groups (broad SMARTS) is 1. The van der Waals surface area contributed by atoms with Crippen LogP contribution in [-0.4, -0.2) is 55.9 Å². The smallest absolute Gasteiger partial charge is 0.417 e. The number of alkyl halides is 3. The van der Waals surface area contributed by atoms with Crippen LogP contribution in [0.3, 0.4) is 0 Å². The fourth-order valence-corrected chi connectivity index (χ4v) is 7.15. The number of nitrogens with zero attached hydrogens (tertiary/aromatic N) is 1. The topological polar surface area (TPSA) is 102 Å². The van der Waals surface area contributed by atoms with Crippen LogP contribution in [-0.2, 0) is 27.4 Å². The lowest BCUT2D eigenvalue weighted by molar-refractivity contribution is -0.138. The molecule has 44 heavy (non-hydrogen) atoms. The van der Waals surface area contributed by atoms with Crippen LogP contribution in [0, 0.1) is 5.82 Å². The van der Waals surface area contributed by atoms with E-state index in [1.807, 2.05) is 0 Å². The molecule has 0 amide bonds. The number of hydrogen-bond acceptors (Lipinski definition) is 6. The molecule has 0 saturated carbocycles. The van der Waals surface area contributed by atoms with Gasteiger partial charge in [0.05, 0.1) is 31.4 Å². The molecule has 0 spiro atoms. The monoisotopic (exact) mass is 635 g/mol. The van der Waals surface area contributed by atoms with E-state index in [0.29, 0.717) is 36.3 Å². The average Bonchev–Trinajstić information content (AvgIpc) is 3.68. The molecule has 0 bridgehead atoms. The maximum atomic E-state index is 15.4. The summed E-state index contributed by atoms with van der Waals surface area (Å²) in [5, 5.41) is 9.13. The van der Waals surface area contributed by atoms with Crippen molar-refractivity contribution in [3.8, 4) is 28.4 Å². The summed E-state index contributed by atoms with van der Waals surface area (Å²) in [7, 11) is -3.35. The highest BCUT2D eigenvalue weighted by atomic mass is 32.2. The van der Waals surface area contributed by atoms with Crippen molar-refractivity contribution in [1.82, 2.24) is 4.31 Å². The van der Waals surface area contributed by atoms with Crippen molar-refractivity contribution < 1.29 is 50.1 Å². The fourth-order valence-electron chi connectivity index (χ4n) is 6.28. The van der Waals surface area contributed by atoms with Gasteiger partial charge in [-0.25, -0.2) is 12.8 Å². The van der Waals surface area contributed by atoms with Gasteiger partial charge in [-0.05, 0) is 60.2 Å². The predicted molar refractivity (Wildman–Crippen MR) is 151 cm³/mol. The normalized spacial score (nSPS) is 21.5. The Kier molecular flexibility index (Phi) is 7.73. The first-order valence-electron chi connectivity index (χ1n) is 14.1. The average molecular weight is 636 g/mol. The first kappa shape index (κ1) is 30.2. The first-order valence-corrected chi connectivity index (χ1v) is 15.9. The molecule has 0 radical (unpaired) electrons. The van der Waals surface area contributed by atoms with Gasteiger partial charge < -0.3 is 19.3 Å². The van der Waals surface area contributed by atoms with Crippen LogP contribution in [0.4, 0.5) is 17.6 Å². The minimum Gasteiger partial charge on any atom is -0.492 e. The summed E-state index contributed by atoms with van der Waals surface area (Å²) in [4.78, 5) is 11.1. The number of carbonyl (C=O) groups is 1. The summed E-state index contributed by atoms with van der Waals surface area (Å²) in [5.74, 6) is -1.08. The van der Waals surface area contributed by atoms with Crippen LogP contribution in [0.15, 0.2) is 48.5 Å². The Morgan fingerprint density at radius 2 is 1.80 bits per heavy atom. The zero-order chi connectivity index (χ0) is 31.4. The lowest BCUT2D eigenvalue weighted by atomic mass is 9.91. The van der Waals surface area contributed by atoms with E-state index in [0.717, 1.165) is 11.8 Å². The van der Waals surface area contributed by atoms with Crippen molar-refractivity contribution in [2.45, 2.75) is 50.0 Å². The van der Waals surface area contributed by atoms with E-state index in [1.54, 1.807) is 18.2 Å². The van der Waals surface area contributed by atoms with Crippen LogP contribution in [0.25, 0.3) is 11.1 Å². The molecule has 3 unspecified atom stereocenters. The summed E-state index contributed by atoms with van der Waals surface area (Å²) in [6.07, 6.45) is -4.13. The maximum Gasteiger partial charge on any atom is 0.417 e. The highest BCUT2D eigenvalue weighted by Crippen LogP contribution is 2.48. The summed E-state index contributed by atoms with van der Waals surface area (Å²) in [5.41, 5.74) is 0.0338. The van der Waals surface area contributed by atoms with E-state index in [1.165, 1.54) is 28.6 Å². The zero-order valence-corrected chi connectivity index (χ0v) is 24.4. The Morgan fingerprint density at radius 3 is 2.45 bits per heavy atom. The SMILES string of the molecule is CS(=O)(=O)N1CCC(Oc2ccc(-c3c(C(F)(F)F)cc(F)c4c3CCC4Oc3ccc4c(c3)OCC4CC(=O)O)cc2)C1. The molecule has 6 rings (SSSR count). The highest BCUT2D eigenvalue weighted by molar-refractivity contribution is 7.88. The van der Waals surface area contributed by atoms with E-state index >= 15 is 4.39 Å². The Bertz CT molecular complexity index is 1710. The van der Waals surface area contributed by atoms with E-state index in [2.05, 4.69) is 0 Å². The molecule has 3 aromatic rings. The van der Waals surface area contributed by atoms with Gasteiger partial charge in [-0.3, -0.25) is 4.79 Å². The second-order valence-corrected chi connectivity index (χ2v) is 13.3. The van der Waals surface area contributed by atoms with Crippen molar-refractivity contribution in [3.63, 3.8) is 0 Å². The number of carboxylic acids is 1. The third-order valence-electron chi connectivity index (χ3n) is 8.30. The Balaban J connectivity index is 1.27. The van der Waals surface area contributed by atoms with E-state index in [9.17, 15) is 26.4 Å². The van der Waals surface area contributed by atoms with Gasteiger partial charge in [0.15, 0.2) is 0 Å². The van der Waals surface area contributed by atoms with E-state index in [4.69, 9.17) is 19.3 Å². The number of fused-ring (bicyclic) bond motifs is 2. The molecule has 1 aliphatic carbocycles. The number of ether oxygens (including phenoxy) is 3. The molecular weight excluding hydrogens is 606 g/mol. The van der Waals surface area contributed by atoms with Crippen molar-refractivity contribution in [2.24, 2.45) is 0 Å². The van der Waals surface area contributed by atoms with Crippen molar-refractivity contribution >= 4 is 16.0 Å². The zero-order valence-electron chi connectivity index (χ0n) is 23.6. The van der Waals surface area contributed by atoms with Gasteiger partial charge in [-0.15, -0.1) is 0 Å². The Hall–Kier alpha value is -3.84. The second kappa shape index (κ2) is 11.3. The summed E-state index contributed by atoms with van der Waals surface area (Å²) in [6, 6.07) is 11.5. The molecule has 3 aromatic carbocycles. The third kappa shape index (κ3) is 5.94. The third-order valence-corrected chi connectivity index (χ3v) is 9.56. The van der Waals surface area contributed by atoms with Gasteiger partial charge in [0.25, 0.3) is 0 Å². The van der Waals surface area contributed by atoms with Gasteiger partial charge in [0.2, 0.25) is 10.0 Å². The van der Waals surface area contributed by atoms with Gasteiger partial charge in [0.1, 0.15) is 35.3 Å². The standard InChI is InChI=1S/C31H29F4NO7S/c1-44(39,40)36-11-10-21(15-36)42-19-4-2-17(3-5-19)29-23-8-9-26(30(23)25(32)14-24(29)31(33,34)35)43-20-6-7-22-18(12-28(37)38)16-41-27(22)13-20/h2-7,13-14,18,21,26H,8-12,15-16H2,1H3,(H,37,38). The van der Waals surface area contributed by atoms with Crippen LogP contribution in [0.1, 0.15) is 53.5 Å². The van der Waals surface area contributed by atoms with Crippen LogP contribution < -0.4 is 14.2 Å². The molecule has 3 atom stereocenters. The molecule has 1 saturated heterocycles. The quantitative estimate of drug-likeness (QED) is 0.306. The van der Waals surface area contributed by atoms with E-state index in [-0.39, 0.29) is 66.7 Å². The summed E-state index contributed by atoms with van der Waals surface area (Å²) >= 11 is 0. The maximum absolute atomic E-state index is 15.4. The molecule has 2 heterocycles. The molecule has 234 valence electrons. The lowest BCUT2D eigenvalue weighted by Gasteiger charge is -2.21. The van der Waals surface area contributed by atoms with Crippen molar-refractivity contribution in [2.75, 3.05) is 26.0 Å². The molecule has 0 aromatic heterocycles. The number of hydrogen-bond donors (Lipinski definition) is 1. The fraction of sp³-hybridized carbons (Fsp3) is 0.387. The van der Waals surface area contributed by atoms with Gasteiger partial charge >= 0.3 is 12.1 Å². The number of rotatable bonds is 8. The molecule has 1 N–H and O–H groups in total.